The third-order valence-corrected chi connectivity index (χ3v) is 12.2. The molecule has 6 amide bonds. The minimum Gasteiger partial charge on any atom is -0.446 e. The molecule has 5 rings (SSSR count). The average Bonchev–Trinajstić information content (AvgIpc) is 4.01. The summed E-state index contributed by atoms with van der Waals surface area (Å²) in [5.41, 5.74) is 9.55. The highest BCUT2D eigenvalue weighted by atomic mass is 16.7. The molecule has 83 heavy (non-hydrogen) atoms. The minimum atomic E-state index is -0.489. The molecule has 1 aromatic carbocycles. The number of nitrogens with zero attached hydrogens (tertiary/aromatic N) is 5. The highest BCUT2D eigenvalue weighted by molar-refractivity contribution is 6.13. The molecule has 3 heterocycles. The fourth-order valence-electron chi connectivity index (χ4n) is 7.61. The van der Waals surface area contributed by atoms with Crippen LogP contribution >= 0.6 is 0 Å². The molecular formula is C56H83N9O18. The number of amidine groups is 1. The van der Waals surface area contributed by atoms with Gasteiger partial charge in [0, 0.05) is 86.7 Å². The van der Waals surface area contributed by atoms with Crippen LogP contribution in [0.15, 0.2) is 53.3 Å². The van der Waals surface area contributed by atoms with Crippen LogP contribution in [0.2, 0.25) is 0 Å². The van der Waals surface area contributed by atoms with Gasteiger partial charge in [-0.05, 0) is 43.4 Å². The third-order valence-electron chi connectivity index (χ3n) is 12.2. The minimum absolute atomic E-state index is 0.0229. The number of hydroxylamine groups is 2. The average molecular weight is 1170 g/mol. The first-order valence-electron chi connectivity index (χ1n) is 28.3. The van der Waals surface area contributed by atoms with Gasteiger partial charge < -0.3 is 73.8 Å². The van der Waals surface area contributed by atoms with Gasteiger partial charge in [-0.1, -0.05) is 19.1 Å². The van der Waals surface area contributed by atoms with Crippen molar-refractivity contribution >= 4 is 53.2 Å². The summed E-state index contributed by atoms with van der Waals surface area (Å²) in [6, 6.07) is 5.60. The van der Waals surface area contributed by atoms with Crippen molar-refractivity contribution < 1.29 is 85.7 Å². The molecule has 2 aromatic rings. The summed E-state index contributed by atoms with van der Waals surface area (Å²) < 4.78 is 60.3. The number of nitrogens with one attached hydrogen (secondary N) is 3. The Hall–Kier alpha value is -6.37. The molecule has 460 valence electrons. The fraction of sp³-hybridized carbons (Fsp3) is 0.625. The Kier molecular flexibility index (Phi) is 33.8. The number of alkyl carbamates (subject to hydrolysis) is 1. The van der Waals surface area contributed by atoms with Gasteiger partial charge in [0.2, 0.25) is 11.8 Å². The number of hydrogen-bond acceptors (Lipinski definition) is 22. The van der Waals surface area contributed by atoms with E-state index in [1.807, 2.05) is 25.1 Å². The molecule has 1 fully saturated rings. The van der Waals surface area contributed by atoms with E-state index in [0.717, 1.165) is 35.3 Å². The number of fused-ring (bicyclic) bond motifs is 1. The van der Waals surface area contributed by atoms with Gasteiger partial charge in [0.1, 0.15) is 17.8 Å². The summed E-state index contributed by atoms with van der Waals surface area (Å²) in [7, 11) is 0. The first-order chi connectivity index (χ1) is 40.6. The Morgan fingerprint density at radius 1 is 0.627 bits per heavy atom. The Morgan fingerprint density at radius 2 is 1.13 bits per heavy atom. The molecule has 27 nitrogen and oxygen atoms in total. The third kappa shape index (κ3) is 28.6. The number of nitrogens with two attached hydrogens (primary N) is 1. The van der Waals surface area contributed by atoms with E-state index in [4.69, 9.17) is 62.7 Å². The maximum atomic E-state index is 13.6. The van der Waals surface area contributed by atoms with Crippen molar-refractivity contribution in [2.45, 2.75) is 64.5 Å². The Bertz CT molecular complexity index is 2340. The molecule has 0 spiro atoms. The number of aromatic nitrogens is 2. The molecule has 1 aromatic heterocycles. The first kappa shape index (κ1) is 67.4. The Balaban J connectivity index is 0.749. The van der Waals surface area contributed by atoms with E-state index in [1.165, 1.54) is 17.2 Å². The lowest BCUT2D eigenvalue weighted by molar-refractivity contribution is -0.181. The van der Waals surface area contributed by atoms with Gasteiger partial charge in [-0.2, -0.15) is 0 Å². The van der Waals surface area contributed by atoms with Crippen molar-refractivity contribution in [2.75, 3.05) is 165 Å². The van der Waals surface area contributed by atoms with E-state index < -0.39 is 17.9 Å². The predicted octanol–water partition coefficient (Wildman–Crippen LogP) is 1.97. The number of imide groups is 1. The molecule has 0 atom stereocenters. The molecule has 0 saturated heterocycles. The van der Waals surface area contributed by atoms with Crippen LogP contribution in [-0.2, 0) is 87.5 Å². The lowest BCUT2D eigenvalue weighted by atomic mass is 9.96. The number of ether oxygens (including phenoxy) is 11. The van der Waals surface area contributed by atoms with Crippen molar-refractivity contribution in [1.82, 2.24) is 35.9 Å². The van der Waals surface area contributed by atoms with Crippen LogP contribution in [0.4, 0.5) is 10.5 Å². The summed E-state index contributed by atoms with van der Waals surface area (Å²) in [6.07, 6.45) is 10.8. The zero-order valence-electron chi connectivity index (χ0n) is 47.7. The lowest BCUT2D eigenvalue weighted by Crippen LogP contribution is -2.38. The molecule has 27 heteroatoms. The van der Waals surface area contributed by atoms with E-state index in [2.05, 4.69) is 30.9 Å². The monoisotopic (exact) mass is 1170 g/mol. The van der Waals surface area contributed by atoms with Crippen LogP contribution in [0, 0.1) is 0 Å². The summed E-state index contributed by atoms with van der Waals surface area (Å²) >= 11 is 0. The zero-order chi connectivity index (χ0) is 59.0. The van der Waals surface area contributed by atoms with Gasteiger partial charge >= 0.3 is 6.09 Å². The molecule has 3 aliphatic rings. The molecular weight excluding hydrogens is 1090 g/mol. The number of benzene rings is 1. The first-order valence-corrected chi connectivity index (χ1v) is 28.3. The van der Waals surface area contributed by atoms with Crippen molar-refractivity contribution in [2.24, 2.45) is 10.7 Å². The number of carbonyl (C=O) groups excluding carboxylic acids is 6. The maximum Gasteiger partial charge on any atom is 0.407 e. The van der Waals surface area contributed by atoms with Crippen LogP contribution in [0.25, 0.3) is 17.2 Å². The number of rotatable bonds is 47. The number of amides is 6. The van der Waals surface area contributed by atoms with E-state index >= 15 is 0 Å². The summed E-state index contributed by atoms with van der Waals surface area (Å²) in [4.78, 5) is 93.1. The van der Waals surface area contributed by atoms with Crippen LogP contribution < -0.4 is 21.7 Å². The lowest BCUT2D eigenvalue weighted by Gasteiger charge is -2.25. The highest BCUT2D eigenvalue weighted by Gasteiger charge is 2.25. The maximum absolute atomic E-state index is 13.6. The number of carbonyl (C=O) groups is 6. The van der Waals surface area contributed by atoms with E-state index in [-0.39, 0.29) is 81.8 Å². The predicted molar refractivity (Wildman–Crippen MR) is 300 cm³/mol. The second-order valence-corrected chi connectivity index (χ2v) is 18.6. The van der Waals surface area contributed by atoms with Crippen molar-refractivity contribution in [1.29, 1.82) is 0 Å². The van der Waals surface area contributed by atoms with E-state index in [1.54, 1.807) is 18.5 Å². The number of hydrogen-bond donors (Lipinski definition) is 4. The van der Waals surface area contributed by atoms with Gasteiger partial charge in [-0.25, -0.2) is 24.8 Å². The van der Waals surface area contributed by atoms with Crippen LogP contribution in [0.5, 0.6) is 0 Å². The topological polar surface area (TPSA) is 320 Å². The van der Waals surface area contributed by atoms with Crippen LogP contribution in [-0.4, -0.2) is 232 Å². The second kappa shape index (κ2) is 41.6. The van der Waals surface area contributed by atoms with E-state index in [0.29, 0.717) is 168 Å². The van der Waals surface area contributed by atoms with Gasteiger partial charge in [0.15, 0.2) is 0 Å². The molecule has 1 saturated carbocycles. The summed E-state index contributed by atoms with van der Waals surface area (Å²) in [6.45, 7) is 11.1. The van der Waals surface area contributed by atoms with E-state index in [9.17, 15) is 28.8 Å². The van der Waals surface area contributed by atoms with Crippen molar-refractivity contribution in [3.63, 3.8) is 0 Å². The molecule has 1 aliphatic carbocycles. The normalized spacial score (nSPS) is 14.0. The van der Waals surface area contributed by atoms with Crippen LogP contribution in [0.3, 0.4) is 0 Å². The number of aliphatic imine (C=N–C) groups is 1. The second-order valence-electron chi connectivity index (χ2n) is 18.6. The fourth-order valence-corrected chi connectivity index (χ4v) is 7.61. The summed E-state index contributed by atoms with van der Waals surface area (Å²) in [5, 5.41) is 9.45. The standard InChI is InChI=1S/C56H83N9O18/c1-2-14-65(82-18-13-59-56(71)83-47-4-3-5-47)55(70)45-37-44-7-6-43(38-48(44)63-49(57)39-45)46-40-60-50(61-41-46)42-62-52(67)11-16-72-19-21-74-23-25-76-27-29-78-31-33-80-35-36-81-34-32-79-30-28-77-26-24-75-22-20-73-17-12-58-51(66)10-15-64-53(68)8-9-54(64)69/h6-9,37-38,40-41,47H,2-5,10-36,39,42H2,1H3,(H2,57,63)(H,58,66)(H,59,71)(H,62,67). The SMILES string of the molecule is CCCN(OCCNC(=O)OC1CCC1)C(=O)C1=Cc2ccc(-c3cnc(CNC(=O)CCOCCOCCOCCOCCOCCOCCOCCOCCOCCOCCNC(=O)CCN4C(=O)C=CC4=O)nc3)cc2N=C(N)C1. The zero-order valence-corrected chi connectivity index (χ0v) is 47.7. The molecule has 0 unspecified atom stereocenters. The molecule has 2 aliphatic heterocycles. The Labute approximate surface area is 484 Å². The summed E-state index contributed by atoms with van der Waals surface area (Å²) in [5.74, 6) is -0.901. The molecule has 0 radical (unpaired) electrons. The smallest absolute Gasteiger partial charge is 0.407 e. The van der Waals surface area contributed by atoms with Gasteiger partial charge in [-0.3, -0.25) is 33.7 Å². The Morgan fingerprint density at radius 3 is 1.65 bits per heavy atom. The quantitative estimate of drug-likeness (QED) is 0.0418. The largest absolute Gasteiger partial charge is 0.446 e. The highest BCUT2D eigenvalue weighted by Crippen LogP contribution is 2.32. The van der Waals surface area contributed by atoms with Gasteiger partial charge in [0.25, 0.3) is 17.7 Å². The van der Waals surface area contributed by atoms with Gasteiger partial charge in [-0.15, -0.1) is 0 Å². The molecule has 5 N–H and O–H groups in total. The molecule has 0 bridgehead atoms. The van der Waals surface area contributed by atoms with Crippen LogP contribution in [0.1, 0.15) is 63.3 Å². The van der Waals surface area contributed by atoms with Crippen molar-refractivity contribution in [3.8, 4) is 11.1 Å². The van der Waals surface area contributed by atoms with Gasteiger partial charge in [0.05, 0.1) is 151 Å². The van der Waals surface area contributed by atoms with Crippen molar-refractivity contribution in [3.05, 3.63) is 59.7 Å².